The van der Waals surface area contributed by atoms with Gasteiger partial charge in [0, 0.05) is 50.6 Å². The Bertz CT molecular complexity index is 450. The quantitative estimate of drug-likeness (QED) is 0.742. The number of aliphatic hydroxyl groups is 2. The van der Waals surface area contributed by atoms with Crippen molar-refractivity contribution >= 4 is 17.2 Å². The Hall–Kier alpha value is -0.950. The Morgan fingerprint density at radius 3 is 2.90 bits per heavy atom. The molecule has 1 aromatic rings. The highest BCUT2D eigenvalue weighted by atomic mass is 32.1. The fourth-order valence-electron chi connectivity index (χ4n) is 2.64. The summed E-state index contributed by atoms with van der Waals surface area (Å²) in [5.41, 5.74) is 1.28. The van der Waals surface area contributed by atoms with Crippen LogP contribution in [-0.2, 0) is 17.8 Å². The van der Waals surface area contributed by atoms with E-state index < -0.39 is 0 Å². The van der Waals surface area contributed by atoms with Gasteiger partial charge in [-0.3, -0.25) is 4.79 Å². The summed E-state index contributed by atoms with van der Waals surface area (Å²) >= 11 is 1.78. The summed E-state index contributed by atoms with van der Waals surface area (Å²) in [5, 5.41) is 20.0. The van der Waals surface area contributed by atoms with Crippen molar-refractivity contribution in [3.05, 3.63) is 21.9 Å². The summed E-state index contributed by atoms with van der Waals surface area (Å²) in [6.07, 6.45) is 2.12. The fourth-order valence-corrected chi connectivity index (χ4v) is 3.53. The summed E-state index contributed by atoms with van der Waals surface area (Å²) < 4.78 is 0. The Labute approximate surface area is 129 Å². The number of amides is 1. The number of rotatable bonds is 8. The van der Waals surface area contributed by atoms with Gasteiger partial charge in [-0.25, -0.2) is 0 Å². The number of carbonyl (C=O) groups excluding carboxylic acids is 1. The number of carbonyl (C=O) groups is 1. The molecule has 0 saturated heterocycles. The maximum absolute atomic E-state index is 12.3. The summed E-state index contributed by atoms with van der Waals surface area (Å²) in [7, 11) is 0. The van der Waals surface area contributed by atoms with E-state index in [1.54, 1.807) is 11.3 Å². The van der Waals surface area contributed by atoms with Crippen molar-refractivity contribution in [1.29, 1.82) is 0 Å². The third-order valence-corrected chi connectivity index (χ3v) is 4.87. The summed E-state index contributed by atoms with van der Waals surface area (Å²) in [4.78, 5) is 17.7. The summed E-state index contributed by atoms with van der Waals surface area (Å²) in [6, 6.07) is 2.11. The minimum Gasteiger partial charge on any atom is -0.396 e. The maximum Gasteiger partial charge on any atom is 0.224 e. The normalized spacial score (nSPS) is 14.5. The number of nitrogens with zero attached hydrogens (tertiary/aromatic N) is 2. The first-order valence-corrected chi connectivity index (χ1v) is 8.39. The molecule has 118 valence electrons. The zero-order chi connectivity index (χ0) is 15.1. The van der Waals surface area contributed by atoms with E-state index in [1.807, 2.05) is 9.80 Å². The average Bonchev–Trinajstić information content (AvgIpc) is 2.97. The first-order chi connectivity index (χ1) is 10.2. The monoisotopic (exact) mass is 312 g/mol. The third kappa shape index (κ3) is 4.78. The standard InChI is InChI=1S/C15H24N2O3S/c18-9-1-5-16(8-10-19)6-3-15(20)17-7-2-14-13(12-17)4-11-21-14/h4,11,18-19H,1-3,5-10,12H2. The van der Waals surface area contributed by atoms with Crippen LogP contribution >= 0.6 is 11.3 Å². The molecule has 0 fully saturated rings. The molecule has 0 atom stereocenters. The van der Waals surface area contributed by atoms with Crippen LogP contribution < -0.4 is 0 Å². The van der Waals surface area contributed by atoms with Crippen LogP contribution in [0.2, 0.25) is 0 Å². The lowest BCUT2D eigenvalue weighted by Crippen LogP contribution is -2.38. The summed E-state index contributed by atoms with van der Waals surface area (Å²) in [6.45, 7) is 3.69. The van der Waals surface area contributed by atoms with Crippen LogP contribution in [0.4, 0.5) is 0 Å². The van der Waals surface area contributed by atoms with Gasteiger partial charge >= 0.3 is 0 Å². The lowest BCUT2D eigenvalue weighted by atomic mass is 10.1. The van der Waals surface area contributed by atoms with E-state index in [4.69, 9.17) is 10.2 Å². The first-order valence-electron chi connectivity index (χ1n) is 7.51. The number of aliphatic hydroxyl groups excluding tert-OH is 2. The van der Waals surface area contributed by atoms with Crippen LogP contribution in [-0.4, -0.2) is 65.3 Å². The lowest BCUT2D eigenvalue weighted by Gasteiger charge is -2.28. The van der Waals surface area contributed by atoms with Gasteiger partial charge in [0.25, 0.3) is 0 Å². The van der Waals surface area contributed by atoms with Gasteiger partial charge in [-0.1, -0.05) is 0 Å². The van der Waals surface area contributed by atoms with E-state index in [2.05, 4.69) is 11.4 Å². The number of thiophene rings is 1. The van der Waals surface area contributed by atoms with E-state index in [0.717, 1.165) is 26.1 Å². The van der Waals surface area contributed by atoms with E-state index in [9.17, 15) is 4.79 Å². The van der Waals surface area contributed by atoms with Crippen molar-refractivity contribution in [2.45, 2.75) is 25.8 Å². The Kier molecular flexibility index (Phi) is 6.63. The second kappa shape index (κ2) is 8.48. The molecule has 0 spiro atoms. The highest BCUT2D eigenvalue weighted by Crippen LogP contribution is 2.24. The number of hydrogen-bond acceptors (Lipinski definition) is 5. The molecule has 1 aliphatic heterocycles. The highest BCUT2D eigenvalue weighted by molar-refractivity contribution is 7.10. The second-order valence-corrected chi connectivity index (χ2v) is 6.33. The van der Waals surface area contributed by atoms with Crippen LogP contribution in [0.5, 0.6) is 0 Å². The van der Waals surface area contributed by atoms with Crippen molar-refractivity contribution in [1.82, 2.24) is 9.80 Å². The van der Waals surface area contributed by atoms with Crippen molar-refractivity contribution in [2.75, 3.05) is 39.4 Å². The van der Waals surface area contributed by atoms with Crippen LogP contribution in [0.1, 0.15) is 23.3 Å². The predicted octanol–water partition coefficient (Wildman–Crippen LogP) is 0.700. The van der Waals surface area contributed by atoms with Gasteiger partial charge in [0.1, 0.15) is 0 Å². The molecule has 21 heavy (non-hydrogen) atoms. The Morgan fingerprint density at radius 2 is 2.14 bits per heavy atom. The van der Waals surface area contributed by atoms with Crippen LogP contribution in [0.25, 0.3) is 0 Å². The van der Waals surface area contributed by atoms with E-state index >= 15 is 0 Å². The average molecular weight is 312 g/mol. The van der Waals surface area contributed by atoms with Gasteiger partial charge < -0.3 is 20.0 Å². The van der Waals surface area contributed by atoms with Crippen LogP contribution in [0.15, 0.2) is 11.4 Å². The number of fused-ring (bicyclic) bond motifs is 1. The summed E-state index contributed by atoms with van der Waals surface area (Å²) in [5.74, 6) is 0.179. The van der Waals surface area contributed by atoms with Crippen LogP contribution in [0, 0.1) is 0 Å². The van der Waals surface area contributed by atoms with Gasteiger partial charge in [0.05, 0.1) is 6.61 Å². The predicted molar refractivity (Wildman–Crippen MR) is 83.3 cm³/mol. The molecule has 0 aromatic carbocycles. The van der Waals surface area contributed by atoms with Gasteiger partial charge in [0.2, 0.25) is 5.91 Å². The third-order valence-electron chi connectivity index (χ3n) is 3.85. The molecular weight excluding hydrogens is 288 g/mol. The Morgan fingerprint density at radius 1 is 1.29 bits per heavy atom. The molecule has 1 aliphatic rings. The lowest BCUT2D eigenvalue weighted by molar-refractivity contribution is -0.132. The van der Waals surface area contributed by atoms with Crippen molar-refractivity contribution in [3.63, 3.8) is 0 Å². The molecule has 2 N–H and O–H groups in total. The van der Waals surface area contributed by atoms with E-state index in [1.165, 1.54) is 10.4 Å². The topological polar surface area (TPSA) is 64.0 Å². The van der Waals surface area contributed by atoms with Gasteiger partial charge in [-0.05, 0) is 29.9 Å². The molecular formula is C15H24N2O3S. The van der Waals surface area contributed by atoms with Gasteiger partial charge in [-0.2, -0.15) is 0 Å². The minimum atomic E-state index is 0.0849. The zero-order valence-corrected chi connectivity index (χ0v) is 13.1. The molecule has 2 heterocycles. The van der Waals surface area contributed by atoms with E-state index in [-0.39, 0.29) is 19.1 Å². The SMILES string of the molecule is O=C(CCN(CCO)CCCO)N1CCc2sccc2C1. The van der Waals surface area contributed by atoms with Gasteiger partial charge in [0.15, 0.2) is 0 Å². The molecule has 0 radical (unpaired) electrons. The largest absolute Gasteiger partial charge is 0.396 e. The molecule has 1 aromatic heterocycles. The molecule has 0 saturated carbocycles. The molecule has 6 heteroatoms. The molecule has 0 bridgehead atoms. The van der Waals surface area contributed by atoms with Gasteiger partial charge in [-0.15, -0.1) is 11.3 Å². The molecule has 0 unspecified atom stereocenters. The maximum atomic E-state index is 12.3. The first kappa shape index (κ1) is 16.4. The van der Waals surface area contributed by atoms with Crippen molar-refractivity contribution in [3.8, 4) is 0 Å². The van der Waals surface area contributed by atoms with E-state index in [0.29, 0.717) is 25.9 Å². The molecule has 5 nitrogen and oxygen atoms in total. The van der Waals surface area contributed by atoms with Crippen molar-refractivity contribution < 1.29 is 15.0 Å². The zero-order valence-electron chi connectivity index (χ0n) is 12.3. The minimum absolute atomic E-state index is 0.0849. The number of hydrogen-bond donors (Lipinski definition) is 2. The Balaban J connectivity index is 1.78. The second-order valence-electron chi connectivity index (χ2n) is 5.33. The van der Waals surface area contributed by atoms with Crippen molar-refractivity contribution in [2.24, 2.45) is 0 Å². The molecule has 0 aliphatic carbocycles. The molecule has 2 rings (SSSR count). The van der Waals surface area contributed by atoms with Crippen LogP contribution in [0.3, 0.4) is 0 Å². The fraction of sp³-hybridized carbons (Fsp3) is 0.667. The molecule has 1 amide bonds. The highest BCUT2D eigenvalue weighted by Gasteiger charge is 2.21. The smallest absolute Gasteiger partial charge is 0.224 e.